The van der Waals surface area contributed by atoms with E-state index in [9.17, 15) is 8.42 Å². The highest BCUT2D eigenvalue weighted by atomic mass is 32.2. The van der Waals surface area contributed by atoms with E-state index in [4.69, 9.17) is 4.74 Å². The zero-order valence-corrected chi connectivity index (χ0v) is 10.5. The second kappa shape index (κ2) is 5.48. The number of hydrogen-bond acceptors (Lipinski definition) is 5. The molecule has 1 saturated heterocycles. The van der Waals surface area contributed by atoms with Crippen molar-refractivity contribution in [3.63, 3.8) is 0 Å². The van der Waals surface area contributed by atoms with Gasteiger partial charge >= 0.3 is 0 Å². The standard InChI is InChI=1S/C9H16N4O3S/c1-12-7-8(5-10-12)13(17(14)15)11-6-9-3-2-4-16-9/h5,7,9,11,17H,2-4,6H2,1H3/t9-/m1/s1. The Kier molecular flexibility index (Phi) is 3.97. The van der Waals surface area contributed by atoms with Gasteiger partial charge in [-0.3, -0.25) is 4.68 Å². The van der Waals surface area contributed by atoms with Crippen LogP contribution in [0.4, 0.5) is 5.69 Å². The first kappa shape index (κ1) is 12.3. The summed E-state index contributed by atoms with van der Waals surface area (Å²) in [5.74, 6) is 0. The van der Waals surface area contributed by atoms with Gasteiger partial charge in [-0.25, -0.2) is 18.3 Å². The topological polar surface area (TPSA) is 76.5 Å². The minimum atomic E-state index is -2.73. The number of ether oxygens (including phenoxy) is 1. The number of nitrogens with zero attached hydrogens (tertiary/aromatic N) is 3. The van der Waals surface area contributed by atoms with E-state index in [2.05, 4.69) is 10.5 Å². The second-order valence-electron chi connectivity index (χ2n) is 3.92. The molecule has 0 aromatic carbocycles. The van der Waals surface area contributed by atoms with Gasteiger partial charge in [0.05, 0.1) is 18.5 Å². The minimum absolute atomic E-state index is 0.0871. The molecule has 2 rings (SSSR count). The third-order valence-electron chi connectivity index (χ3n) is 2.59. The first-order valence-electron chi connectivity index (χ1n) is 5.45. The molecule has 2 heterocycles. The Bertz CT molecular complexity index is 431. The molecule has 0 aliphatic carbocycles. The van der Waals surface area contributed by atoms with Crippen LogP contribution in [0.5, 0.6) is 0 Å². The molecule has 1 aliphatic heterocycles. The van der Waals surface area contributed by atoms with Crippen LogP contribution >= 0.6 is 0 Å². The molecule has 17 heavy (non-hydrogen) atoms. The van der Waals surface area contributed by atoms with Crippen LogP contribution in [0.2, 0.25) is 0 Å². The van der Waals surface area contributed by atoms with Crippen molar-refractivity contribution < 1.29 is 13.2 Å². The van der Waals surface area contributed by atoms with E-state index >= 15 is 0 Å². The van der Waals surface area contributed by atoms with Gasteiger partial charge < -0.3 is 4.74 Å². The summed E-state index contributed by atoms with van der Waals surface area (Å²) in [6.07, 6.45) is 5.21. The maximum Gasteiger partial charge on any atom is 0.238 e. The second-order valence-corrected chi connectivity index (χ2v) is 4.79. The number of thiol groups is 1. The van der Waals surface area contributed by atoms with E-state index in [1.165, 1.54) is 6.20 Å². The number of aryl methyl sites for hydroxylation is 1. The van der Waals surface area contributed by atoms with E-state index in [0.29, 0.717) is 12.2 Å². The number of nitrogens with one attached hydrogen (secondary N) is 1. The largest absolute Gasteiger partial charge is 0.377 e. The number of rotatable bonds is 5. The van der Waals surface area contributed by atoms with Gasteiger partial charge in [0, 0.05) is 20.2 Å². The molecule has 0 spiro atoms. The predicted octanol–water partition coefficient (Wildman–Crippen LogP) is -0.564. The Labute approximate surface area is 101 Å². The van der Waals surface area contributed by atoms with Crippen molar-refractivity contribution in [3.8, 4) is 0 Å². The lowest BCUT2D eigenvalue weighted by atomic mass is 10.2. The number of aromatic nitrogens is 2. The van der Waals surface area contributed by atoms with Gasteiger partial charge in [0.2, 0.25) is 10.9 Å². The van der Waals surface area contributed by atoms with Crippen molar-refractivity contribution in [2.75, 3.05) is 17.6 Å². The molecule has 1 aromatic rings. The van der Waals surface area contributed by atoms with Crippen molar-refractivity contribution >= 4 is 16.6 Å². The van der Waals surface area contributed by atoms with Gasteiger partial charge in [0.1, 0.15) is 5.69 Å². The Morgan fingerprint density at radius 2 is 2.53 bits per heavy atom. The molecular formula is C9H16N4O3S. The maximum atomic E-state index is 11.1. The lowest BCUT2D eigenvalue weighted by Gasteiger charge is -2.19. The van der Waals surface area contributed by atoms with Crippen LogP contribution in [0.15, 0.2) is 12.4 Å². The smallest absolute Gasteiger partial charge is 0.238 e. The third-order valence-corrected chi connectivity index (χ3v) is 3.29. The van der Waals surface area contributed by atoms with E-state index < -0.39 is 10.9 Å². The average Bonchev–Trinajstić information content (AvgIpc) is 2.90. The van der Waals surface area contributed by atoms with E-state index in [1.807, 2.05) is 0 Å². The van der Waals surface area contributed by atoms with Crippen molar-refractivity contribution in [3.05, 3.63) is 12.4 Å². The summed E-state index contributed by atoms with van der Waals surface area (Å²) in [6, 6.07) is 0. The normalized spacial score (nSPS) is 20.0. The van der Waals surface area contributed by atoms with Crippen LogP contribution < -0.4 is 9.84 Å². The van der Waals surface area contributed by atoms with Gasteiger partial charge in [0.15, 0.2) is 0 Å². The Hall–Kier alpha value is -1.12. The van der Waals surface area contributed by atoms with Crippen LogP contribution in [0.3, 0.4) is 0 Å². The summed E-state index contributed by atoms with van der Waals surface area (Å²) in [5, 5.41) is 3.94. The van der Waals surface area contributed by atoms with Crippen molar-refractivity contribution in [1.82, 2.24) is 15.2 Å². The molecule has 0 bridgehead atoms. The monoisotopic (exact) mass is 260 g/mol. The van der Waals surface area contributed by atoms with E-state index in [1.54, 1.807) is 17.9 Å². The first-order chi connectivity index (χ1) is 8.16. The van der Waals surface area contributed by atoms with Crippen LogP contribution in [0.1, 0.15) is 12.8 Å². The van der Waals surface area contributed by atoms with Gasteiger partial charge in [-0.15, -0.1) is 0 Å². The highest BCUT2D eigenvalue weighted by molar-refractivity contribution is 7.73. The van der Waals surface area contributed by atoms with Crippen molar-refractivity contribution in [2.45, 2.75) is 18.9 Å². The fourth-order valence-electron chi connectivity index (χ4n) is 1.75. The van der Waals surface area contributed by atoms with Gasteiger partial charge in [-0.05, 0) is 12.8 Å². The van der Waals surface area contributed by atoms with Crippen LogP contribution in [-0.4, -0.2) is 37.5 Å². The molecule has 96 valence electrons. The van der Waals surface area contributed by atoms with Crippen molar-refractivity contribution in [2.24, 2.45) is 7.05 Å². The molecule has 8 heteroatoms. The van der Waals surface area contributed by atoms with E-state index in [0.717, 1.165) is 23.9 Å². The number of anilines is 1. The highest BCUT2D eigenvalue weighted by Crippen LogP contribution is 2.13. The lowest BCUT2D eigenvalue weighted by molar-refractivity contribution is 0.111. The molecule has 1 fully saturated rings. The summed E-state index contributed by atoms with van der Waals surface area (Å²) in [6.45, 7) is 1.24. The molecule has 1 aromatic heterocycles. The maximum absolute atomic E-state index is 11.1. The van der Waals surface area contributed by atoms with E-state index in [-0.39, 0.29) is 6.10 Å². The van der Waals surface area contributed by atoms with Gasteiger partial charge in [0.25, 0.3) is 0 Å². The van der Waals surface area contributed by atoms with Gasteiger partial charge in [-0.2, -0.15) is 5.10 Å². The SMILES string of the molecule is Cn1cc(N(NC[C@H]2CCCO2)[SH](=O)=O)cn1. The molecular weight excluding hydrogens is 244 g/mol. The molecule has 0 radical (unpaired) electrons. The quantitative estimate of drug-likeness (QED) is 0.548. The summed E-state index contributed by atoms with van der Waals surface area (Å²) < 4.78 is 30.3. The first-order valence-corrected chi connectivity index (χ1v) is 6.58. The number of hydrogen-bond donors (Lipinski definition) is 2. The fraction of sp³-hybridized carbons (Fsp3) is 0.667. The Balaban J connectivity index is 1.97. The Morgan fingerprint density at radius 1 is 1.71 bits per heavy atom. The third kappa shape index (κ3) is 3.18. The highest BCUT2D eigenvalue weighted by Gasteiger charge is 2.18. The minimum Gasteiger partial charge on any atom is -0.377 e. The van der Waals surface area contributed by atoms with Crippen molar-refractivity contribution in [1.29, 1.82) is 0 Å². The molecule has 0 saturated carbocycles. The zero-order valence-electron chi connectivity index (χ0n) is 9.57. The molecule has 7 nitrogen and oxygen atoms in total. The van der Waals surface area contributed by atoms with Crippen LogP contribution in [0, 0.1) is 0 Å². The molecule has 0 unspecified atom stereocenters. The Morgan fingerprint density at radius 3 is 3.06 bits per heavy atom. The summed E-state index contributed by atoms with van der Waals surface area (Å²) in [7, 11) is -0.998. The van der Waals surface area contributed by atoms with Crippen LogP contribution in [0.25, 0.3) is 0 Å². The summed E-state index contributed by atoms with van der Waals surface area (Å²) in [5.41, 5.74) is 3.35. The molecule has 1 atom stereocenters. The predicted molar refractivity (Wildman–Crippen MR) is 63.0 cm³/mol. The van der Waals surface area contributed by atoms with Crippen LogP contribution in [-0.2, 0) is 22.7 Å². The lowest BCUT2D eigenvalue weighted by Crippen LogP contribution is -2.41. The summed E-state index contributed by atoms with van der Waals surface area (Å²) >= 11 is 0. The zero-order chi connectivity index (χ0) is 12.3. The molecule has 0 amide bonds. The number of hydrazine groups is 1. The average molecular weight is 260 g/mol. The molecule has 1 N–H and O–H groups in total. The van der Waals surface area contributed by atoms with Gasteiger partial charge in [-0.1, -0.05) is 0 Å². The fourth-order valence-corrected chi connectivity index (χ4v) is 2.24. The molecule has 1 aliphatic rings. The summed E-state index contributed by atoms with van der Waals surface area (Å²) in [4.78, 5) is 0.